The monoisotopic (exact) mass is 381 g/mol. The molecule has 3 aromatic rings. The number of nitrogens with zero attached hydrogens (tertiary/aromatic N) is 3. The number of likely N-dealkylation sites (tertiary alicyclic amines) is 1. The smallest absolute Gasteiger partial charge is 0.238 e. The number of halogens is 1. The molecule has 1 fully saturated rings. The van der Waals surface area contributed by atoms with Crippen LogP contribution in [0.15, 0.2) is 48.8 Å². The van der Waals surface area contributed by atoms with Crippen molar-refractivity contribution in [2.45, 2.75) is 12.8 Å². The van der Waals surface area contributed by atoms with Crippen LogP contribution in [-0.4, -0.2) is 40.4 Å². The molecule has 138 valence electrons. The van der Waals surface area contributed by atoms with Gasteiger partial charge in [-0.1, -0.05) is 17.7 Å². The fourth-order valence-electron chi connectivity index (χ4n) is 3.28. The lowest BCUT2D eigenvalue weighted by Crippen LogP contribution is -2.30. The molecule has 7 heteroatoms. The standard InChI is InChI=1S/C20H20ClN5O/c21-14-4-3-5-15(10-14)25-20-17-11-16(6-7-18(17)22-13-23-20)24-19(27)12-26-8-1-2-9-26/h3-7,10-11,13H,1-2,8-9,12H2,(H,24,27)(H,22,23,25). The van der Waals surface area contributed by atoms with Gasteiger partial charge in [-0.3, -0.25) is 9.69 Å². The normalized spacial score (nSPS) is 14.4. The van der Waals surface area contributed by atoms with E-state index in [9.17, 15) is 4.79 Å². The number of hydrogen-bond acceptors (Lipinski definition) is 5. The quantitative estimate of drug-likeness (QED) is 0.697. The van der Waals surface area contributed by atoms with Crippen LogP contribution in [-0.2, 0) is 4.79 Å². The average Bonchev–Trinajstić information content (AvgIpc) is 3.15. The first-order valence-corrected chi connectivity index (χ1v) is 9.35. The van der Waals surface area contributed by atoms with Crippen LogP contribution >= 0.6 is 11.6 Å². The van der Waals surface area contributed by atoms with E-state index in [1.165, 1.54) is 19.2 Å². The van der Waals surface area contributed by atoms with Crippen molar-refractivity contribution < 1.29 is 4.79 Å². The molecule has 1 saturated heterocycles. The summed E-state index contributed by atoms with van der Waals surface area (Å²) in [4.78, 5) is 23.1. The van der Waals surface area contributed by atoms with E-state index in [2.05, 4.69) is 25.5 Å². The Bertz CT molecular complexity index is 971. The lowest BCUT2D eigenvalue weighted by atomic mass is 10.2. The Morgan fingerprint density at radius 1 is 1.07 bits per heavy atom. The summed E-state index contributed by atoms with van der Waals surface area (Å²) < 4.78 is 0. The Morgan fingerprint density at radius 2 is 1.93 bits per heavy atom. The van der Waals surface area contributed by atoms with Crippen molar-refractivity contribution in [3.05, 3.63) is 53.8 Å². The van der Waals surface area contributed by atoms with Crippen molar-refractivity contribution in [3.63, 3.8) is 0 Å². The first-order valence-electron chi connectivity index (χ1n) is 8.97. The van der Waals surface area contributed by atoms with Crippen LogP contribution in [0.1, 0.15) is 12.8 Å². The highest BCUT2D eigenvalue weighted by atomic mass is 35.5. The van der Waals surface area contributed by atoms with Gasteiger partial charge in [0.15, 0.2) is 0 Å². The van der Waals surface area contributed by atoms with Crippen LogP contribution in [0.3, 0.4) is 0 Å². The molecule has 1 aromatic heterocycles. The number of hydrogen-bond donors (Lipinski definition) is 2. The van der Waals surface area contributed by atoms with Crippen LogP contribution < -0.4 is 10.6 Å². The molecular formula is C20H20ClN5O. The number of anilines is 3. The number of nitrogens with one attached hydrogen (secondary N) is 2. The fraction of sp³-hybridized carbons (Fsp3) is 0.250. The third-order valence-corrected chi connectivity index (χ3v) is 4.81. The molecule has 1 aliphatic heterocycles. The molecule has 0 saturated carbocycles. The zero-order chi connectivity index (χ0) is 18.6. The molecule has 4 rings (SSSR count). The molecule has 0 radical (unpaired) electrons. The van der Waals surface area contributed by atoms with Crippen molar-refractivity contribution in [3.8, 4) is 0 Å². The van der Waals surface area contributed by atoms with Crippen LogP contribution in [0.25, 0.3) is 10.9 Å². The van der Waals surface area contributed by atoms with Crippen molar-refractivity contribution in [1.82, 2.24) is 14.9 Å². The van der Waals surface area contributed by atoms with Crippen molar-refractivity contribution in [1.29, 1.82) is 0 Å². The van der Waals surface area contributed by atoms with Crippen molar-refractivity contribution in [2.75, 3.05) is 30.3 Å². The van der Waals surface area contributed by atoms with E-state index in [4.69, 9.17) is 11.6 Å². The summed E-state index contributed by atoms with van der Waals surface area (Å²) in [5, 5.41) is 7.72. The Kier molecular flexibility index (Phi) is 5.18. The zero-order valence-corrected chi connectivity index (χ0v) is 15.5. The lowest BCUT2D eigenvalue weighted by molar-refractivity contribution is -0.117. The molecule has 1 aliphatic rings. The summed E-state index contributed by atoms with van der Waals surface area (Å²) in [7, 11) is 0. The second kappa shape index (κ2) is 7.90. The highest BCUT2D eigenvalue weighted by Crippen LogP contribution is 2.26. The van der Waals surface area contributed by atoms with Gasteiger partial charge < -0.3 is 10.6 Å². The SMILES string of the molecule is O=C(CN1CCCC1)Nc1ccc2ncnc(Nc3cccc(Cl)c3)c2c1. The van der Waals surface area contributed by atoms with E-state index in [1.54, 1.807) is 0 Å². The third-order valence-electron chi connectivity index (χ3n) is 4.57. The summed E-state index contributed by atoms with van der Waals surface area (Å²) in [6.07, 6.45) is 3.85. The van der Waals surface area contributed by atoms with Gasteiger partial charge in [0.05, 0.1) is 12.1 Å². The number of benzene rings is 2. The Hall–Kier alpha value is -2.70. The number of amides is 1. The first-order chi connectivity index (χ1) is 13.2. The molecule has 0 unspecified atom stereocenters. The molecule has 2 heterocycles. The highest BCUT2D eigenvalue weighted by Gasteiger charge is 2.15. The average molecular weight is 382 g/mol. The molecule has 2 aromatic carbocycles. The second-order valence-electron chi connectivity index (χ2n) is 6.62. The summed E-state index contributed by atoms with van der Waals surface area (Å²) in [6, 6.07) is 13.1. The molecule has 1 amide bonds. The van der Waals surface area contributed by atoms with Gasteiger partial charge in [0.25, 0.3) is 0 Å². The molecule has 0 bridgehead atoms. The van der Waals surface area contributed by atoms with E-state index in [0.717, 1.165) is 35.4 Å². The molecule has 2 N–H and O–H groups in total. The minimum Gasteiger partial charge on any atom is -0.340 e. The Labute approximate surface area is 162 Å². The molecule has 0 atom stereocenters. The topological polar surface area (TPSA) is 70.2 Å². The van der Waals surface area contributed by atoms with Gasteiger partial charge in [0.1, 0.15) is 12.1 Å². The van der Waals surface area contributed by atoms with Crippen LogP contribution in [0.5, 0.6) is 0 Å². The van der Waals surface area contributed by atoms with Crippen LogP contribution in [0.2, 0.25) is 5.02 Å². The van der Waals surface area contributed by atoms with Gasteiger partial charge >= 0.3 is 0 Å². The number of carbonyl (C=O) groups excluding carboxylic acids is 1. The molecule has 0 spiro atoms. The van der Waals surface area contributed by atoms with Crippen LogP contribution in [0, 0.1) is 0 Å². The van der Waals surface area contributed by atoms with E-state index in [0.29, 0.717) is 17.4 Å². The summed E-state index contributed by atoms with van der Waals surface area (Å²) in [5.41, 5.74) is 2.37. The molecular weight excluding hydrogens is 362 g/mol. The minimum absolute atomic E-state index is 0.00236. The van der Waals surface area contributed by atoms with Crippen molar-refractivity contribution >= 4 is 45.6 Å². The maximum Gasteiger partial charge on any atom is 0.238 e. The summed E-state index contributed by atoms with van der Waals surface area (Å²) in [6.45, 7) is 2.41. The van der Waals surface area contributed by atoms with Gasteiger partial charge in [-0.2, -0.15) is 0 Å². The highest BCUT2D eigenvalue weighted by molar-refractivity contribution is 6.30. The number of carbonyl (C=O) groups is 1. The summed E-state index contributed by atoms with van der Waals surface area (Å²) >= 11 is 6.06. The summed E-state index contributed by atoms with van der Waals surface area (Å²) in [5.74, 6) is 0.662. The Morgan fingerprint density at radius 3 is 2.74 bits per heavy atom. The fourth-order valence-corrected chi connectivity index (χ4v) is 3.47. The van der Waals surface area contributed by atoms with E-state index < -0.39 is 0 Å². The van der Waals surface area contributed by atoms with E-state index in [1.807, 2.05) is 42.5 Å². The zero-order valence-electron chi connectivity index (χ0n) is 14.8. The van der Waals surface area contributed by atoms with Gasteiger partial charge in [-0.15, -0.1) is 0 Å². The van der Waals surface area contributed by atoms with Gasteiger partial charge in [-0.05, 0) is 62.3 Å². The minimum atomic E-state index is -0.00236. The maximum absolute atomic E-state index is 12.3. The lowest BCUT2D eigenvalue weighted by Gasteiger charge is -2.14. The molecule has 27 heavy (non-hydrogen) atoms. The van der Waals surface area contributed by atoms with E-state index in [-0.39, 0.29) is 5.91 Å². The van der Waals surface area contributed by atoms with Gasteiger partial charge in [0.2, 0.25) is 5.91 Å². The van der Waals surface area contributed by atoms with Gasteiger partial charge in [0, 0.05) is 21.8 Å². The largest absolute Gasteiger partial charge is 0.340 e. The van der Waals surface area contributed by atoms with Gasteiger partial charge in [-0.25, -0.2) is 9.97 Å². The number of aromatic nitrogens is 2. The number of rotatable bonds is 5. The maximum atomic E-state index is 12.3. The van der Waals surface area contributed by atoms with Crippen molar-refractivity contribution in [2.24, 2.45) is 0 Å². The van der Waals surface area contributed by atoms with E-state index >= 15 is 0 Å². The van der Waals surface area contributed by atoms with Crippen LogP contribution in [0.4, 0.5) is 17.2 Å². The molecule has 0 aliphatic carbocycles. The second-order valence-corrected chi connectivity index (χ2v) is 7.06. The Balaban J connectivity index is 1.56. The number of fused-ring (bicyclic) bond motifs is 1. The first kappa shape index (κ1) is 17.7. The predicted molar refractivity (Wildman–Crippen MR) is 109 cm³/mol. The third kappa shape index (κ3) is 4.35. The molecule has 6 nitrogen and oxygen atoms in total. The predicted octanol–water partition coefficient (Wildman–Crippen LogP) is 4.06.